The van der Waals surface area contributed by atoms with Crippen molar-refractivity contribution in [1.29, 1.82) is 5.26 Å². The molecule has 0 radical (unpaired) electrons. The first-order valence-corrected chi connectivity index (χ1v) is 7.26. The standard InChI is InChI=1S/C14H23N3O2/c15-12-14(4-10-19-11-5-14)13(18)16-6-9-17-7-2-1-3-8-17/h1-11H2,(H,16,18). The molecule has 0 aromatic heterocycles. The van der Waals surface area contributed by atoms with E-state index in [-0.39, 0.29) is 5.91 Å². The highest BCUT2D eigenvalue weighted by Gasteiger charge is 2.40. The predicted octanol–water partition coefficient (Wildman–Crippen LogP) is 0.909. The van der Waals surface area contributed by atoms with E-state index in [1.54, 1.807) is 0 Å². The Labute approximate surface area is 114 Å². The minimum absolute atomic E-state index is 0.115. The summed E-state index contributed by atoms with van der Waals surface area (Å²) in [5, 5.41) is 12.2. The zero-order valence-corrected chi connectivity index (χ0v) is 11.5. The average molecular weight is 265 g/mol. The summed E-state index contributed by atoms with van der Waals surface area (Å²) in [5.41, 5.74) is -0.861. The second-order valence-electron chi connectivity index (χ2n) is 5.46. The third kappa shape index (κ3) is 3.68. The Balaban J connectivity index is 1.75. The highest BCUT2D eigenvalue weighted by Crippen LogP contribution is 2.29. The molecule has 0 unspecified atom stereocenters. The lowest BCUT2D eigenvalue weighted by Gasteiger charge is -2.30. The summed E-state index contributed by atoms with van der Waals surface area (Å²) in [5.74, 6) is -0.115. The number of rotatable bonds is 4. The molecule has 0 aromatic rings. The number of hydrogen-bond acceptors (Lipinski definition) is 4. The van der Waals surface area contributed by atoms with Crippen molar-refractivity contribution >= 4 is 5.91 Å². The second kappa shape index (κ2) is 6.88. The number of ether oxygens (including phenoxy) is 1. The number of piperidine rings is 1. The van der Waals surface area contributed by atoms with Crippen molar-refractivity contribution in [3.05, 3.63) is 0 Å². The number of likely N-dealkylation sites (tertiary alicyclic amines) is 1. The first kappa shape index (κ1) is 14.3. The van der Waals surface area contributed by atoms with Crippen LogP contribution in [0.5, 0.6) is 0 Å². The third-order valence-corrected chi connectivity index (χ3v) is 4.16. The van der Waals surface area contributed by atoms with Crippen LogP contribution in [0.1, 0.15) is 32.1 Å². The van der Waals surface area contributed by atoms with Crippen molar-refractivity contribution in [3.8, 4) is 6.07 Å². The van der Waals surface area contributed by atoms with Gasteiger partial charge >= 0.3 is 0 Å². The molecular formula is C14H23N3O2. The molecule has 0 spiro atoms. The number of carbonyl (C=O) groups excluding carboxylic acids is 1. The normalized spacial score (nSPS) is 23.5. The maximum Gasteiger partial charge on any atom is 0.240 e. The third-order valence-electron chi connectivity index (χ3n) is 4.16. The summed E-state index contributed by atoms with van der Waals surface area (Å²) in [6.07, 6.45) is 4.86. The van der Waals surface area contributed by atoms with E-state index < -0.39 is 5.41 Å². The van der Waals surface area contributed by atoms with Gasteiger partial charge in [0.1, 0.15) is 5.41 Å². The molecule has 2 aliphatic heterocycles. The van der Waals surface area contributed by atoms with Crippen LogP contribution in [0, 0.1) is 16.7 Å². The molecule has 2 aliphatic rings. The lowest BCUT2D eigenvalue weighted by atomic mass is 9.81. The molecular weight excluding hydrogens is 242 g/mol. The summed E-state index contributed by atoms with van der Waals surface area (Å²) < 4.78 is 5.24. The van der Waals surface area contributed by atoms with Gasteiger partial charge in [-0.2, -0.15) is 5.26 Å². The van der Waals surface area contributed by atoms with Crippen LogP contribution >= 0.6 is 0 Å². The summed E-state index contributed by atoms with van der Waals surface area (Å²) >= 11 is 0. The minimum atomic E-state index is -0.861. The fourth-order valence-electron chi connectivity index (χ4n) is 2.79. The molecule has 0 atom stereocenters. The van der Waals surface area contributed by atoms with Gasteiger partial charge < -0.3 is 15.0 Å². The number of hydrogen-bond donors (Lipinski definition) is 1. The van der Waals surface area contributed by atoms with Gasteiger partial charge in [0.2, 0.25) is 5.91 Å². The molecule has 2 heterocycles. The molecule has 0 bridgehead atoms. The Morgan fingerprint density at radius 1 is 1.26 bits per heavy atom. The van der Waals surface area contributed by atoms with Crippen molar-refractivity contribution in [1.82, 2.24) is 10.2 Å². The van der Waals surface area contributed by atoms with Crippen molar-refractivity contribution in [2.75, 3.05) is 39.4 Å². The molecule has 19 heavy (non-hydrogen) atoms. The maximum atomic E-state index is 12.2. The smallest absolute Gasteiger partial charge is 0.240 e. The Bertz CT molecular complexity index is 339. The second-order valence-corrected chi connectivity index (χ2v) is 5.46. The minimum Gasteiger partial charge on any atom is -0.381 e. The summed E-state index contributed by atoms with van der Waals surface area (Å²) in [6, 6.07) is 2.20. The van der Waals surface area contributed by atoms with Crippen LogP contribution in [0.3, 0.4) is 0 Å². The molecule has 106 valence electrons. The van der Waals surface area contributed by atoms with Crippen molar-refractivity contribution in [2.45, 2.75) is 32.1 Å². The van der Waals surface area contributed by atoms with Gasteiger partial charge in [-0.15, -0.1) is 0 Å². The van der Waals surface area contributed by atoms with Gasteiger partial charge in [-0.25, -0.2) is 0 Å². The lowest BCUT2D eigenvalue weighted by Crippen LogP contribution is -2.46. The largest absolute Gasteiger partial charge is 0.381 e. The van der Waals surface area contributed by atoms with Crippen LogP contribution in [0.25, 0.3) is 0 Å². The molecule has 2 rings (SSSR count). The van der Waals surface area contributed by atoms with Gasteiger partial charge in [0.25, 0.3) is 0 Å². The number of nitriles is 1. The van der Waals surface area contributed by atoms with Crippen LogP contribution in [0.2, 0.25) is 0 Å². The zero-order chi connectivity index (χ0) is 13.6. The number of amides is 1. The van der Waals surface area contributed by atoms with Crippen molar-refractivity contribution in [2.24, 2.45) is 5.41 Å². The van der Waals surface area contributed by atoms with Gasteiger partial charge in [0.05, 0.1) is 6.07 Å². The molecule has 0 aromatic carbocycles. The number of nitrogens with zero attached hydrogens (tertiary/aromatic N) is 2. The van der Waals surface area contributed by atoms with Crippen LogP contribution in [-0.2, 0) is 9.53 Å². The lowest BCUT2D eigenvalue weighted by molar-refractivity contribution is -0.132. The summed E-state index contributed by atoms with van der Waals surface area (Å²) in [4.78, 5) is 14.6. The Kier molecular flexibility index (Phi) is 5.17. The van der Waals surface area contributed by atoms with E-state index in [4.69, 9.17) is 4.74 Å². The molecule has 0 aliphatic carbocycles. The average Bonchev–Trinajstić information content (AvgIpc) is 2.49. The van der Waals surface area contributed by atoms with E-state index in [1.807, 2.05) is 0 Å². The summed E-state index contributed by atoms with van der Waals surface area (Å²) in [6.45, 7) is 4.81. The van der Waals surface area contributed by atoms with Crippen LogP contribution in [0.4, 0.5) is 0 Å². The Morgan fingerprint density at radius 2 is 1.95 bits per heavy atom. The predicted molar refractivity (Wildman–Crippen MR) is 71.4 cm³/mol. The Morgan fingerprint density at radius 3 is 2.58 bits per heavy atom. The van der Waals surface area contributed by atoms with E-state index in [2.05, 4.69) is 16.3 Å². The van der Waals surface area contributed by atoms with Gasteiger partial charge in [-0.05, 0) is 38.8 Å². The quantitative estimate of drug-likeness (QED) is 0.820. The van der Waals surface area contributed by atoms with Gasteiger partial charge in [-0.1, -0.05) is 6.42 Å². The Hall–Kier alpha value is -1.12. The van der Waals surface area contributed by atoms with Crippen LogP contribution < -0.4 is 5.32 Å². The summed E-state index contributed by atoms with van der Waals surface area (Å²) in [7, 11) is 0. The monoisotopic (exact) mass is 265 g/mol. The highest BCUT2D eigenvalue weighted by atomic mass is 16.5. The van der Waals surface area contributed by atoms with E-state index in [0.29, 0.717) is 32.6 Å². The highest BCUT2D eigenvalue weighted by molar-refractivity contribution is 5.85. The molecule has 1 amide bonds. The van der Waals surface area contributed by atoms with E-state index in [9.17, 15) is 10.1 Å². The van der Waals surface area contributed by atoms with Crippen LogP contribution in [0.15, 0.2) is 0 Å². The topological polar surface area (TPSA) is 65.4 Å². The van der Waals surface area contributed by atoms with Crippen molar-refractivity contribution < 1.29 is 9.53 Å². The van der Waals surface area contributed by atoms with E-state index >= 15 is 0 Å². The molecule has 5 nitrogen and oxygen atoms in total. The number of nitrogens with one attached hydrogen (secondary N) is 1. The van der Waals surface area contributed by atoms with Crippen LogP contribution in [-0.4, -0.2) is 50.2 Å². The SMILES string of the molecule is N#CC1(C(=O)NCCN2CCCCC2)CCOCC1. The van der Waals surface area contributed by atoms with Gasteiger partial charge in [-0.3, -0.25) is 4.79 Å². The van der Waals surface area contributed by atoms with E-state index in [1.165, 1.54) is 19.3 Å². The molecule has 1 N–H and O–H groups in total. The number of carbonyl (C=O) groups is 1. The maximum absolute atomic E-state index is 12.2. The first-order chi connectivity index (χ1) is 9.27. The molecule has 0 saturated carbocycles. The molecule has 5 heteroatoms. The van der Waals surface area contributed by atoms with Crippen molar-refractivity contribution in [3.63, 3.8) is 0 Å². The fraction of sp³-hybridized carbons (Fsp3) is 0.857. The fourth-order valence-corrected chi connectivity index (χ4v) is 2.79. The zero-order valence-electron chi connectivity index (χ0n) is 11.5. The van der Waals surface area contributed by atoms with Gasteiger partial charge in [0, 0.05) is 26.3 Å². The first-order valence-electron chi connectivity index (χ1n) is 7.26. The molecule has 2 saturated heterocycles. The van der Waals surface area contributed by atoms with Gasteiger partial charge in [0.15, 0.2) is 0 Å². The molecule has 2 fully saturated rings. The van der Waals surface area contributed by atoms with E-state index in [0.717, 1.165) is 19.6 Å².